The predicted molar refractivity (Wildman–Crippen MR) is 103 cm³/mol. The van der Waals surface area contributed by atoms with E-state index in [2.05, 4.69) is 17.2 Å². The molecule has 4 bridgehead atoms. The average Bonchev–Trinajstić information content (AvgIpc) is 2.91. The van der Waals surface area contributed by atoms with Crippen molar-refractivity contribution in [2.75, 3.05) is 0 Å². The number of carbonyl (C=O) groups is 1. The third kappa shape index (κ3) is 2.59. The number of rotatable bonds is 3. The molecule has 0 spiro atoms. The molecule has 3 atom stereocenters. The molecule has 5 heteroatoms. The first kappa shape index (κ1) is 16.7. The molecule has 1 heterocycles. The summed E-state index contributed by atoms with van der Waals surface area (Å²) in [5.41, 5.74) is 1.16. The maximum Gasteiger partial charge on any atom is 0.251 e. The number of thiazole rings is 1. The van der Waals surface area contributed by atoms with Crippen LogP contribution in [0.25, 0.3) is 10.2 Å². The zero-order chi connectivity index (χ0) is 18.1. The first-order valence-corrected chi connectivity index (χ1v) is 10.6. The van der Waals surface area contributed by atoms with Gasteiger partial charge in [0.15, 0.2) is 0 Å². The summed E-state index contributed by atoms with van der Waals surface area (Å²) in [6, 6.07) is 5.87. The lowest BCUT2D eigenvalue weighted by atomic mass is 9.46. The van der Waals surface area contributed by atoms with Gasteiger partial charge >= 0.3 is 0 Å². The Hall–Kier alpha value is -1.46. The highest BCUT2D eigenvalue weighted by molar-refractivity contribution is 7.18. The molecule has 4 nitrogen and oxygen atoms in total. The Morgan fingerprint density at radius 1 is 1.31 bits per heavy atom. The van der Waals surface area contributed by atoms with E-state index < -0.39 is 5.60 Å². The summed E-state index contributed by atoms with van der Waals surface area (Å²) < 4.78 is 1.12. The minimum Gasteiger partial charge on any atom is -0.390 e. The molecule has 1 aromatic carbocycles. The monoisotopic (exact) mass is 370 g/mol. The van der Waals surface area contributed by atoms with Crippen LogP contribution in [0.3, 0.4) is 0 Å². The third-order valence-corrected chi connectivity index (χ3v) is 8.05. The molecule has 26 heavy (non-hydrogen) atoms. The van der Waals surface area contributed by atoms with Crippen LogP contribution in [-0.4, -0.2) is 27.6 Å². The van der Waals surface area contributed by atoms with Gasteiger partial charge in [0.05, 0.1) is 20.8 Å². The second-order valence-electron chi connectivity index (χ2n) is 9.16. The van der Waals surface area contributed by atoms with Crippen LogP contribution in [0.15, 0.2) is 18.2 Å². The third-order valence-electron chi connectivity index (χ3n) is 7.10. The van der Waals surface area contributed by atoms with Crippen molar-refractivity contribution >= 4 is 27.5 Å². The minimum absolute atomic E-state index is 0.0206. The second kappa shape index (κ2) is 5.52. The van der Waals surface area contributed by atoms with Crippen molar-refractivity contribution in [2.45, 2.75) is 64.0 Å². The molecule has 0 radical (unpaired) electrons. The Morgan fingerprint density at radius 3 is 2.73 bits per heavy atom. The van der Waals surface area contributed by atoms with Gasteiger partial charge in [-0.25, -0.2) is 4.98 Å². The number of fused-ring (bicyclic) bond motifs is 1. The summed E-state index contributed by atoms with van der Waals surface area (Å²) >= 11 is 1.65. The average molecular weight is 371 g/mol. The van der Waals surface area contributed by atoms with E-state index in [1.165, 1.54) is 6.42 Å². The molecule has 2 aromatic rings. The maximum atomic E-state index is 12.9. The zero-order valence-electron chi connectivity index (χ0n) is 15.4. The summed E-state index contributed by atoms with van der Waals surface area (Å²) in [7, 11) is 0. The molecule has 0 saturated heterocycles. The Kier molecular flexibility index (Phi) is 3.55. The molecule has 4 fully saturated rings. The van der Waals surface area contributed by atoms with E-state index in [0.29, 0.717) is 17.4 Å². The summed E-state index contributed by atoms with van der Waals surface area (Å²) in [6.45, 7) is 4.13. The highest BCUT2D eigenvalue weighted by Gasteiger charge is 2.59. The quantitative estimate of drug-likeness (QED) is 0.857. The summed E-state index contributed by atoms with van der Waals surface area (Å²) in [4.78, 5) is 17.4. The minimum atomic E-state index is -0.486. The molecule has 4 aliphatic carbocycles. The van der Waals surface area contributed by atoms with Crippen molar-refractivity contribution < 1.29 is 9.90 Å². The van der Waals surface area contributed by atoms with Crippen molar-refractivity contribution in [3.63, 3.8) is 0 Å². The van der Waals surface area contributed by atoms with Gasteiger partial charge in [-0.1, -0.05) is 0 Å². The largest absolute Gasteiger partial charge is 0.390 e. The highest BCUT2D eigenvalue weighted by Crippen LogP contribution is 2.62. The van der Waals surface area contributed by atoms with Crippen molar-refractivity contribution in [1.82, 2.24) is 10.3 Å². The van der Waals surface area contributed by atoms with Gasteiger partial charge in [0.25, 0.3) is 5.91 Å². The van der Waals surface area contributed by atoms with Gasteiger partial charge in [-0.3, -0.25) is 4.79 Å². The SMILES string of the molecule is Cc1nc2cc(C(=O)NC(C)C34CC5CC(CC(O)(C5)C3)C4)ccc2s1. The van der Waals surface area contributed by atoms with Crippen molar-refractivity contribution in [3.8, 4) is 0 Å². The van der Waals surface area contributed by atoms with Gasteiger partial charge in [-0.15, -0.1) is 11.3 Å². The van der Waals surface area contributed by atoms with E-state index in [9.17, 15) is 9.90 Å². The summed E-state index contributed by atoms with van der Waals surface area (Å²) in [5.74, 6) is 1.25. The number of aryl methyl sites for hydroxylation is 1. The first-order chi connectivity index (χ1) is 12.3. The number of benzene rings is 1. The molecule has 4 aliphatic rings. The molecule has 4 saturated carbocycles. The molecule has 0 aliphatic heterocycles. The smallest absolute Gasteiger partial charge is 0.251 e. The zero-order valence-corrected chi connectivity index (χ0v) is 16.2. The van der Waals surface area contributed by atoms with Crippen LogP contribution in [0.1, 0.15) is 60.8 Å². The van der Waals surface area contributed by atoms with E-state index >= 15 is 0 Å². The van der Waals surface area contributed by atoms with Crippen LogP contribution in [-0.2, 0) is 0 Å². The maximum absolute atomic E-state index is 12.9. The van der Waals surface area contributed by atoms with Gasteiger partial charge in [-0.2, -0.15) is 0 Å². The van der Waals surface area contributed by atoms with Gasteiger partial charge < -0.3 is 10.4 Å². The number of carbonyl (C=O) groups excluding carboxylic acids is 1. The molecular formula is C21H26N2O2S. The molecule has 2 N–H and O–H groups in total. The van der Waals surface area contributed by atoms with Crippen molar-refractivity contribution in [3.05, 3.63) is 28.8 Å². The van der Waals surface area contributed by atoms with E-state index in [0.717, 1.165) is 47.3 Å². The predicted octanol–water partition coefficient (Wildman–Crippen LogP) is 4.05. The number of nitrogens with one attached hydrogen (secondary N) is 1. The number of aliphatic hydroxyl groups is 1. The van der Waals surface area contributed by atoms with Crippen LogP contribution >= 0.6 is 11.3 Å². The van der Waals surface area contributed by atoms with Gasteiger partial charge in [0, 0.05) is 11.6 Å². The van der Waals surface area contributed by atoms with Crippen molar-refractivity contribution in [1.29, 1.82) is 0 Å². The van der Waals surface area contributed by atoms with Gasteiger partial charge in [0.2, 0.25) is 0 Å². The Labute approximate surface area is 158 Å². The normalized spacial score (nSPS) is 36.4. The Bertz CT molecular complexity index is 875. The molecule has 138 valence electrons. The van der Waals surface area contributed by atoms with Crippen LogP contribution in [0.4, 0.5) is 0 Å². The summed E-state index contributed by atoms with van der Waals surface area (Å²) in [6.07, 6.45) is 6.34. The van der Waals surface area contributed by atoms with E-state index in [4.69, 9.17) is 0 Å². The number of aromatic nitrogens is 1. The topological polar surface area (TPSA) is 62.2 Å². The second-order valence-corrected chi connectivity index (χ2v) is 10.4. The molecule has 6 rings (SSSR count). The van der Waals surface area contributed by atoms with E-state index in [-0.39, 0.29) is 17.4 Å². The van der Waals surface area contributed by atoms with Crippen LogP contribution in [0.2, 0.25) is 0 Å². The fourth-order valence-electron chi connectivity index (χ4n) is 6.41. The van der Waals surface area contributed by atoms with Gasteiger partial charge in [-0.05, 0) is 87.8 Å². The standard InChI is InChI=1S/C21H26N2O2S/c1-12(20-7-14-5-15(8-20)10-21(25,9-14)11-20)22-19(24)16-3-4-18-17(6-16)23-13(2)26-18/h3-4,6,12,14-15,25H,5,7-11H2,1-2H3,(H,22,24). The van der Waals surface area contributed by atoms with Gasteiger partial charge in [0.1, 0.15) is 0 Å². The van der Waals surface area contributed by atoms with Crippen LogP contribution in [0.5, 0.6) is 0 Å². The number of hydrogen-bond acceptors (Lipinski definition) is 4. The highest BCUT2D eigenvalue weighted by atomic mass is 32.1. The molecule has 3 unspecified atom stereocenters. The molecule has 1 aromatic heterocycles. The Balaban J connectivity index is 1.37. The molecular weight excluding hydrogens is 344 g/mol. The van der Waals surface area contributed by atoms with Crippen LogP contribution < -0.4 is 5.32 Å². The first-order valence-electron chi connectivity index (χ1n) is 9.75. The van der Waals surface area contributed by atoms with E-state index in [1.54, 1.807) is 11.3 Å². The number of hydrogen-bond donors (Lipinski definition) is 2. The lowest BCUT2D eigenvalue weighted by molar-refractivity contribution is -0.171. The summed E-state index contributed by atoms with van der Waals surface area (Å²) in [5, 5.41) is 15.3. The number of amides is 1. The fraction of sp³-hybridized carbons (Fsp3) is 0.619. The molecule has 1 amide bonds. The lowest BCUT2D eigenvalue weighted by Gasteiger charge is -2.62. The van der Waals surface area contributed by atoms with Crippen molar-refractivity contribution in [2.24, 2.45) is 17.3 Å². The van der Waals surface area contributed by atoms with Crippen LogP contribution in [0, 0.1) is 24.2 Å². The van der Waals surface area contributed by atoms with E-state index in [1.807, 2.05) is 25.1 Å². The fourth-order valence-corrected chi connectivity index (χ4v) is 7.22. The Morgan fingerprint density at radius 2 is 2.04 bits per heavy atom. The number of nitrogens with zero attached hydrogens (tertiary/aromatic N) is 1. The lowest BCUT2D eigenvalue weighted by Crippen LogP contribution is -2.61.